The molecule has 154 valence electrons. The van der Waals surface area contributed by atoms with Gasteiger partial charge in [0.15, 0.2) is 0 Å². The van der Waals surface area contributed by atoms with Crippen LogP contribution in [0.3, 0.4) is 0 Å². The molecule has 0 radical (unpaired) electrons. The molecule has 4 rings (SSSR count). The van der Waals surface area contributed by atoms with Crippen LogP contribution in [-0.4, -0.2) is 0 Å². The van der Waals surface area contributed by atoms with Gasteiger partial charge in [-0.15, -0.1) is 0 Å². The molecule has 28 heavy (non-hydrogen) atoms. The van der Waals surface area contributed by atoms with Crippen molar-refractivity contribution in [2.45, 2.75) is 84.0 Å². The van der Waals surface area contributed by atoms with Crippen molar-refractivity contribution >= 4 is 0 Å². The molecule has 0 aliphatic heterocycles. The number of allylic oxidation sites excluding steroid dienone is 2. The van der Waals surface area contributed by atoms with Crippen molar-refractivity contribution in [3.05, 3.63) is 47.0 Å². The van der Waals surface area contributed by atoms with Gasteiger partial charge in [-0.25, -0.2) is 8.78 Å². The predicted molar refractivity (Wildman–Crippen MR) is 112 cm³/mol. The average molecular weight is 387 g/mol. The van der Waals surface area contributed by atoms with Gasteiger partial charge in [0.25, 0.3) is 0 Å². The van der Waals surface area contributed by atoms with Crippen LogP contribution >= 0.6 is 0 Å². The molecule has 0 nitrogen and oxygen atoms in total. The minimum Gasteiger partial charge on any atom is -0.207 e. The minimum atomic E-state index is -0.380. The summed E-state index contributed by atoms with van der Waals surface area (Å²) in [7, 11) is 0. The summed E-state index contributed by atoms with van der Waals surface area (Å²) in [6.45, 7) is 3.67. The van der Waals surface area contributed by atoms with Crippen molar-refractivity contribution in [1.29, 1.82) is 0 Å². The van der Waals surface area contributed by atoms with E-state index in [0.29, 0.717) is 5.92 Å². The molecule has 4 atom stereocenters. The standard InChI is InChI=1S/C26H36F2/c1-3-4-18-5-7-19(8-6-18)20-9-10-22-14-23(12-11-21(22)13-20)24-15-25(27)17(2)26(28)16-24/h3-4,15-16,18-23H,5-14H2,1-2H3/b4-3+. The summed E-state index contributed by atoms with van der Waals surface area (Å²) in [5.41, 5.74) is 1.05. The number of fused-ring (bicyclic) bond motifs is 1. The highest BCUT2D eigenvalue weighted by molar-refractivity contribution is 5.28. The molecular weight excluding hydrogens is 350 g/mol. The fraction of sp³-hybridized carbons (Fsp3) is 0.692. The molecule has 0 amide bonds. The molecule has 0 spiro atoms. The lowest BCUT2D eigenvalue weighted by molar-refractivity contribution is 0.0747. The number of hydrogen-bond donors (Lipinski definition) is 0. The van der Waals surface area contributed by atoms with Gasteiger partial charge in [-0.05, 0) is 131 Å². The van der Waals surface area contributed by atoms with Crippen LogP contribution in [0, 0.1) is 48.1 Å². The topological polar surface area (TPSA) is 0 Å². The first-order valence-electron chi connectivity index (χ1n) is 11.6. The van der Waals surface area contributed by atoms with Gasteiger partial charge < -0.3 is 0 Å². The maximum atomic E-state index is 14.0. The third-order valence-corrected chi connectivity index (χ3v) is 8.38. The van der Waals surface area contributed by atoms with Crippen LogP contribution in [0.15, 0.2) is 24.3 Å². The Kier molecular flexibility index (Phi) is 6.23. The summed E-state index contributed by atoms with van der Waals surface area (Å²) in [4.78, 5) is 0. The summed E-state index contributed by atoms with van der Waals surface area (Å²) in [5.74, 6) is 3.90. The van der Waals surface area contributed by atoms with E-state index < -0.39 is 0 Å². The lowest BCUT2D eigenvalue weighted by Gasteiger charge is -2.45. The van der Waals surface area contributed by atoms with Crippen molar-refractivity contribution in [1.82, 2.24) is 0 Å². The molecule has 0 aromatic heterocycles. The van der Waals surface area contributed by atoms with Crippen LogP contribution in [-0.2, 0) is 0 Å². The molecule has 1 aromatic carbocycles. The van der Waals surface area contributed by atoms with Crippen LogP contribution in [0.4, 0.5) is 8.78 Å². The summed E-state index contributed by atoms with van der Waals surface area (Å²) >= 11 is 0. The smallest absolute Gasteiger partial charge is 0.129 e. The second kappa shape index (κ2) is 8.67. The predicted octanol–water partition coefficient (Wildman–Crippen LogP) is 7.96. The van der Waals surface area contributed by atoms with Crippen molar-refractivity contribution in [2.75, 3.05) is 0 Å². The van der Waals surface area contributed by atoms with Gasteiger partial charge in [0.05, 0.1) is 0 Å². The van der Waals surface area contributed by atoms with Crippen molar-refractivity contribution in [2.24, 2.45) is 29.6 Å². The molecule has 0 N–H and O–H groups in total. The van der Waals surface area contributed by atoms with Crippen LogP contribution in [0.2, 0.25) is 0 Å². The number of benzene rings is 1. The van der Waals surface area contributed by atoms with E-state index in [-0.39, 0.29) is 17.2 Å². The molecular formula is C26H36F2. The summed E-state index contributed by atoms with van der Waals surface area (Å²) in [6.07, 6.45) is 17.8. The van der Waals surface area contributed by atoms with Gasteiger partial charge >= 0.3 is 0 Å². The molecule has 0 saturated heterocycles. The molecule has 0 bridgehead atoms. The minimum absolute atomic E-state index is 0.155. The molecule has 1 aromatic rings. The normalized spacial score (nSPS) is 36.4. The van der Waals surface area contributed by atoms with Gasteiger partial charge in [-0.3, -0.25) is 0 Å². The number of halogens is 2. The maximum absolute atomic E-state index is 14.0. The Labute approximate surface area is 169 Å². The van der Waals surface area contributed by atoms with Gasteiger partial charge in [0.2, 0.25) is 0 Å². The third kappa shape index (κ3) is 4.21. The Morgan fingerprint density at radius 3 is 1.93 bits per heavy atom. The van der Waals surface area contributed by atoms with Crippen LogP contribution in [0.5, 0.6) is 0 Å². The Hall–Kier alpha value is -1.18. The lowest BCUT2D eigenvalue weighted by atomic mass is 9.60. The molecule has 3 aliphatic carbocycles. The third-order valence-electron chi connectivity index (χ3n) is 8.38. The van der Waals surface area contributed by atoms with E-state index in [1.54, 1.807) is 12.1 Å². The molecule has 3 fully saturated rings. The highest BCUT2D eigenvalue weighted by Crippen LogP contribution is 2.51. The molecule has 0 heterocycles. The van der Waals surface area contributed by atoms with Crippen molar-refractivity contribution in [3.8, 4) is 0 Å². The number of rotatable bonds is 3. The Morgan fingerprint density at radius 2 is 1.29 bits per heavy atom. The fourth-order valence-electron chi connectivity index (χ4n) is 6.64. The van der Waals surface area contributed by atoms with E-state index >= 15 is 0 Å². The SMILES string of the molecule is C/C=C/C1CCC(C2CCC3CC(c4cc(F)c(C)c(F)c4)CCC3C2)CC1. The second-order valence-electron chi connectivity index (χ2n) is 9.91. The molecule has 3 saturated carbocycles. The summed E-state index contributed by atoms with van der Waals surface area (Å²) in [5, 5.41) is 0. The van der Waals surface area contributed by atoms with Crippen LogP contribution < -0.4 is 0 Å². The van der Waals surface area contributed by atoms with Crippen molar-refractivity contribution < 1.29 is 8.78 Å². The van der Waals surface area contributed by atoms with E-state index in [9.17, 15) is 8.78 Å². The zero-order valence-electron chi connectivity index (χ0n) is 17.6. The first kappa shape index (κ1) is 20.1. The van der Waals surface area contributed by atoms with E-state index in [4.69, 9.17) is 0 Å². The summed E-state index contributed by atoms with van der Waals surface area (Å²) < 4.78 is 28.0. The maximum Gasteiger partial charge on any atom is 0.129 e. The van der Waals surface area contributed by atoms with Gasteiger partial charge in [0, 0.05) is 5.56 Å². The van der Waals surface area contributed by atoms with Crippen LogP contribution in [0.25, 0.3) is 0 Å². The van der Waals surface area contributed by atoms with Gasteiger partial charge in [-0.2, -0.15) is 0 Å². The molecule has 3 aliphatic rings. The fourth-order valence-corrected chi connectivity index (χ4v) is 6.64. The van der Waals surface area contributed by atoms with E-state index in [0.717, 1.165) is 48.0 Å². The molecule has 4 unspecified atom stereocenters. The first-order chi connectivity index (χ1) is 13.5. The Morgan fingerprint density at radius 1 is 0.750 bits per heavy atom. The first-order valence-corrected chi connectivity index (χ1v) is 11.6. The Balaban J connectivity index is 1.34. The highest BCUT2D eigenvalue weighted by atomic mass is 19.1. The van der Waals surface area contributed by atoms with Crippen molar-refractivity contribution in [3.63, 3.8) is 0 Å². The zero-order chi connectivity index (χ0) is 19.7. The highest BCUT2D eigenvalue weighted by Gasteiger charge is 2.39. The average Bonchev–Trinajstić information content (AvgIpc) is 2.71. The molecule has 2 heteroatoms. The van der Waals surface area contributed by atoms with E-state index in [2.05, 4.69) is 19.1 Å². The van der Waals surface area contributed by atoms with E-state index in [1.165, 1.54) is 58.3 Å². The Bertz CT molecular complexity index is 675. The lowest BCUT2D eigenvalue weighted by Crippen LogP contribution is -2.34. The second-order valence-corrected chi connectivity index (χ2v) is 9.91. The van der Waals surface area contributed by atoms with Gasteiger partial charge in [-0.1, -0.05) is 12.2 Å². The zero-order valence-corrected chi connectivity index (χ0v) is 17.6. The van der Waals surface area contributed by atoms with E-state index in [1.807, 2.05) is 0 Å². The van der Waals surface area contributed by atoms with Gasteiger partial charge in [0.1, 0.15) is 11.6 Å². The largest absolute Gasteiger partial charge is 0.207 e. The van der Waals surface area contributed by atoms with Crippen LogP contribution in [0.1, 0.15) is 88.2 Å². The monoisotopic (exact) mass is 386 g/mol. The quantitative estimate of drug-likeness (QED) is 0.462. The number of hydrogen-bond acceptors (Lipinski definition) is 0. The summed E-state index contributed by atoms with van der Waals surface area (Å²) in [6, 6.07) is 3.19.